The summed E-state index contributed by atoms with van der Waals surface area (Å²) >= 11 is 0. The second-order valence-electron chi connectivity index (χ2n) is 9.49. The number of hydrogen-bond donors (Lipinski definition) is 1. The van der Waals surface area contributed by atoms with E-state index in [2.05, 4.69) is 50.4 Å². The fourth-order valence-corrected chi connectivity index (χ4v) is 4.86. The second kappa shape index (κ2) is 12.5. The number of methoxy groups -OCH3 is 1. The van der Waals surface area contributed by atoms with Crippen LogP contribution in [-0.4, -0.2) is 55.7 Å². The molecule has 1 aliphatic rings. The molecule has 1 saturated heterocycles. The van der Waals surface area contributed by atoms with Crippen molar-refractivity contribution in [2.24, 2.45) is 0 Å². The monoisotopic (exact) mass is 522 g/mol. The van der Waals surface area contributed by atoms with Gasteiger partial charge in [-0.3, -0.25) is 14.7 Å². The molecule has 3 aromatic carbocycles. The van der Waals surface area contributed by atoms with Crippen LogP contribution in [0, 0.1) is 0 Å². The number of benzene rings is 3. The smallest absolute Gasteiger partial charge is 0.255 e. The molecule has 7 nitrogen and oxygen atoms in total. The summed E-state index contributed by atoms with van der Waals surface area (Å²) in [6.45, 7) is 7.28. The predicted molar refractivity (Wildman–Crippen MR) is 156 cm³/mol. The molecule has 0 unspecified atom stereocenters. The molecule has 200 valence electrons. The third-order valence-corrected chi connectivity index (χ3v) is 6.96. The summed E-state index contributed by atoms with van der Waals surface area (Å²) in [7, 11) is 1.62. The Morgan fingerprint density at radius 1 is 0.897 bits per heavy atom. The maximum Gasteiger partial charge on any atom is 0.255 e. The summed E-state index contributed by atoms with van der Waals surface area (Å²) in [5, 5.41) is 2.94. The Morgan fingerprint density at radius 2 is 1.64 bits per heavy atom. The van der Waals surface area contributed by atoms with Crippen LogP contribution in [0.2, 0.25) is 0 Å². The quantitative estimate of drug-likeness (QED) is 0.303. The van der Waals surface area contributed by atoms with Crippen LogP contribution in [0.15, 0.2) is 91.3 Å². The molecular weight excluding hydrogens is 488 g/mol. The fourth-order valence-electron chi connectivity index (χ4n) is 4.86. The highest BCUT2D eigenvalue weighted by atomic mass is 16.5. The molecule has 0 bridgehead atoms. The molecule has 0 atom stereocenters. The Morgan fingerprint density at radius 3 is 2.36 bits per heavy atom. The number of rotatable bonds is 9. The molecule has 7 heteroatoms. The number of hydrogen-bond acceptors (Lipinski definition) is 6. The molecule has 4 aromatic rings. The van der Waals surface area contributed by atoms with Gasteiger partial charge in [-0.15, -0.1) is 0 Å². The first kappa shape index (κ1) is 26.3. The zero-order chi connectivity index (χ0) is 27.0. The van der Waals surface area contributed by atoms with Crippen LogP contribution < -0.4 is 19.7 Å². The van der Waals surface area contributed by atoms with Crippen LogP contribution in [0.4, 0.5) is 11.4 Å². The highest BCUT2D eigenvalue weighted by Gasteiger charge is 2.19. The predicted octanol–water partition coefficient (Wildman–Crippen LogP) is 5.73. The summed E-state index contributed by atoms with van der Waals surface area (Å²) in [5.41, 5.74) is 6.06. The van der Waals surface area contributed by atoms with Gasteiger partial charge in [-0.25, -0.2) is 0 Å². The third-order valence-electron chi connectivity index (χ3n) is 6.96. The summed E-state index contributed by atoms with van der Waals surface area (Å²) in [5.74, 6) is 1.42. The molecule has 39 heavy (non-hydrogen) atoms. The maximum atomic E-state index is 12.7. The lowest BCUT2D eigenvalue weighted by Gasteiger charge is -2.36. The highest BCUT2D eigenvalue weighted by molar-refractivity contribution is 6.04. The topological polar surface area (TPSA) is 66.9 Å². The van der Waals surface area contributed by atoms with Crippen molar-refractivity contribution in [2.75, 3.05) is 50.1 Å². The molecule has 0 aliphatic carbocycles. The number of anilines is 2. The average molecular weight is 523 g/mol. The molecule has 1 aromatic heterocycles. The molecular formula is C32H34N4O3. The van der Waals surface area contributed by atoms with Gasteiger partial charge in [0.2, 0.25) is 0 Å². The van der Waals surface area contributed by atoms with Crippen LogP contribution in [0.5, 0.6) is 11.5 Å². The van der Waals surface area contributed by atoms with E-state index in [-0.39, 0.29) is 5.91 Å². The average Bonchev–Trinajstić information content (AvgIpc) is 2.99. The van der Waals surface area contributed by atoms with Crippen LogP contribution >= 0.6 is 0 Å². The molecule has 1 N–H and O–H groups in total. The zero-order valence-electron chi connectivity index (χ0n) is 22.5. The zero-order valence-corrected chi connectivity index (χ0v) is 22.5. The van der Waals surface area contributed by atoms with Gasteiger partial charge in [-0.1, -0.05) is 24.3 Å². The van der Waals surface area contributed by atoms with E-state index in [1.807, 2.05) is 61.7 Å². The largest absolute Gasteiger partial charge is 0.497 e. The first-order chi connectivity index (χ1) is 19.1. The van der Waals surface area contributed by atoms with Gasteiger partial charge in [0, 0.05) is 61.4 Å². The number of carbonyl (C=O) groups excluding carboxylic acids is 1. The molecule has 0 saturated carbocycles. The maximum absolute atomic E-state index is 12.7. The van der Waals surface area contributed by atoms with Crippen molar-refractivity contribution in [1.82, 2.24) is 9.88 Å². The Balaban J connectivity index is 1.17. The normalized spacial score (nSPS) is 13.6. The Labute approximate surface area is 230 Å². The number of aromatic nitrogens is 1. The Bertz CT molecular complexity index is 1380. The first-order valence-corrected chi connectivity index (χ1v) is 13.3. The van der Waals surface area contributed by atoms with E-state index >= 15 is 0 Å². The van der Waals surface area contributed by atoms with Gasteiger partial charge in [-0.2, -0.15) is 0 Å². The SMILES string of the molecule is CCOc1cncc(-c2ccccc2CN2CCN(c3ccc(C(=O)Nc4ccc(OC)cc4)cc3)CC2)c1. The minimum Gasteiger partial charge on any atom is -0.497 e. The lowest BCUT2D eigenvalue weighted by atomic mass is 10.0. The standard InChI is InChI=1S/C32H34N4O3/c1-3-39-30-20-26(21-33-22-30)31-7-5-4-6-25(31)23-35-16-18-36(19-17-35)28-12-8-24(9-13-28)32(37)34-27-10-14-29(38-2)15-11-27/h4-15,20-22H,3,16-19,23H2,1-2H3,(H,34,37). The number of pyridine rings is 1. The summed E-state index contributed by atoms with van der Waals surface area (Å²) in [6.07, 6.45) is 3.66. The van der Waals surface area contributed by atoms with E-state index in [1.54, 1.807) is 13.3 Å². The third kappa shape index (κ3) is 6.56. The van der Waals surface area contributed by atoms with Crippen molar-refractivity contribution < 1.29 is 14.3 Å². The molecule has 1 fully saturated rings. The van der Waals surface area contributed by atoms with Crippen LogP contribution in [0.3, 0.4) is 0 Å². The molecule has 0 spiro atoms. The highest BCUT2D eigenvalue weighted by Crippen LogP contribution is 2.28. The summed E-state index contributed by atoms with van der Waals surface area (Å²) in [4.78, 5) is 21.9. The Hall–Kier alpha value is -4.36. The number of ether oxygens (including phenoxy) is 2. The van der Waals surface area contributed by atoms with Crippen molar-refractivity contribution in [3.63, 3.8) is 0 Å². The molecule has 0 radical (unpaired) electrons. The number of nitrogens with one attached hydrogen (secondary N) is 1. The summed E-state index contributed by atoms with van der Waals surface area (Å²) < 4.78 is 10.8. The lowest BCUT2D eigenvalue weighted by Crippen LogP contribution is -2.46. The van der Waals surface area contributed by atoms with Crippen molar-refractivity contribution >= 4 is 17.3 Å². The van der Waals surface area contributed by atoms with Gasteiger partial charge in [0.15, 0.2) is 0 Å². The van der Waals surface area contributed by atoms with Crippen molar-refractivity contribution in [1.29, 1.82) is 0 Å². The number of carbonyl (C=O) groups is 1. The Kier molecular flexibility index (Phi) is 8.39. The molecule has 2 heterocycles. The van der Waals surface area contributed by atoms with Crippen molar-refractivity contribution in [3.05, 3.63) is 102 Å². The second-order valence-corrected chi connectivity index (χ2v) is 9.49. The van der Waals surface area contributed by atoms with E-state index in [4.69, 9.17) is 9.47 Å². The molecule has 1 amide bonds. The molecule has 5 rings (SSSR count). The minimum atomic E-state index is -0.128. The van der Waals surface area contributed by atoms with E-state index in [1.165, 1.54) is 11.1 Å². The number of nitrogens with zero attached hydrogens (tertiary/aromatic N) is 3. The number of piperazine rings is 1. The van der Waals surface area contributed by atoms with Crippen LogP contribution in [0.1, 0.15) is 22.8 Å². The van der Waals surface area contributed by atoms with Gasteiger partial charge >= 0.3 is 0 Å². The van der Waals surface area contributed by atoms with Crippen LogP contribution in [0.25, 0.3) is 11.1 Å². The van der Waals surface area contributed by atoms with Gasteiger partial charge in [0.25, 0.3) is 5.91 Å². The van der Waals surface area contributed by atoms with Gasteiger partial charge in [0.05, 0.1) is 19.9 Å². The molecule has 1 aliphatic heterocycles. The lowest BCUT2D eigenvalue weighted by molar-refractivity contribution is 0.102. The van der Waals surface area contributed by atoms with Crippen LogP contribution in [-0.2, 0) is 6.54 Å². The van der Waals surface area contributed by atoms with E-state index < -0.39 is 0 Å². The first-order valence-electron chi connectivity index (χ1n) is 13.3. The summed E-state index contributed by atoms with van der Waals surface area (Å²) in [6, 6.07) is 25.8. The van der Waals surface area contributed by atoms with Gasteiger partial charge in [0.1, 0.15) is 11.5 Å². The van der Waals surface area contributed by atoms with E-state index in [0.29, 0.717) is 12.2 Å². The van der Waals surface area contributed by atoms with Crippen molar-refractivity contribution in [2.45, 2.75) is 13.5 Å². The minimum absolute atomic E-state index is 0.128. The fraction of sp³-hybridized carbons (Fsp3) is 0.250. The van der Waals surface area contributed by atoms with E-state index in [9.17, 15) is 4.79 Å². The van der Waals surface area contributed by atoms with Gasteiger partial charge in [-0.05, 0) is 72.6 Å². The van der Waals surface area contributed by atoms with Gasteiger partial charge < -0.3 is 19.7 Å². The van der Waals surface area contributed by atoms with Crippen molar-refractivity contribution in [3.8, 4) is 22.6 Å². The number of amides is 1. The van der Waals surface area contributed by atoms with E-state index in [0.717, 1.165) is 61.2 Å².